The van der Waals surface area contributed by atoms with E-state index in [-0.39, 0.29) is 11.5 Å². The summed E-state index contributed by atoms with van der Waals surface area (Å²) < 4.78 is 18.2. The van der Waals surface area contributed by atoms with Crippen molar-refractivity contribution < 1.29 is 18.8 Å². The van der Waals surface area contributed by atoms with Crippen LogP contribution in [0.3, 0.4) is 0 Å². The number of hydrogen-bond donors (Lipinski definition) is 1. The zero-order valence-corrected chi connectivity index (χ0v) is 8.27. The SMILES string of the molecule is Cc1noc(-c2ccc(C(=O)O)c(F)c2)n1. The number of benzene rings is 1. The molecule has 0 amide bonds. The van der Waals surface area contributed by atoms with Crippen molar-refractivity contribution in [3.05, 3.63) is 35.4 Å². The molecule has 0 unspecified atom stereocenters. The maximum atomic E-state index is 13.3. The standard InChI is InChI=1S/C10H7FN2O3/c1-5-12-9(16-13-5)6-2-3-7(10(14)15)8(11)4-6/h2-4H,1H3,(H,14,15). The van der Waals surface area contributed by atoms with Gasteiger partial charge in [-0.3, -0.25) is 0 Å². The molecule has 1 aromatic carbocycles. The Morgan fingerprint density at radius 2 is 2.25 bits per heavy atom. The molecular weight excluding hydrogens is 215 g/mol. The maximum absolute atomic E-state index is 13.3. The van der Waals surface area contributed by atoms with Crippen LogP contribution < -0.4 is 0 Å². The van der Waals surface area contributed by atoms with Gasteiger partial charge in [-0.2, -0.15) is 4.98 Å². The average molecular weight is 222 g/mol. The molecule has 1 heterocycles. The predicted molar refractivity (Wildman–Crippen MR) is 51.4 cm³/mol. The molecule has 0 saturated carbocycles. The van der Waals surface area contributed by atoms with Crippen molar-refractivity contribution in [2.75, 3.05) is 0 Å². The summed E-state index contributed by atoms with van der Waals surface area (Å²) in [5, 5.41) is 12.2. The Morgan fingerprint density at radius 3 is 2.75 bits per heavy atom. The molecule has 0 fully saturated rings. The Labute approximate surface area is 89.5 Å². The highest BCUT2D eigenvalue weighted by Gasteiger charge is 2.13. The number of rotatable bonds is 2. The summed E-state index contributed by atoms with van der Waals surface area (Å²) in [7, 11) is 0. The molecule has 0 bridgehead atoms. The molecule has 0 aliphatic carbocycles. The van der Waals surface area contributed by atoms with Crippen molar-refractivity contribution in [1.29, 1.82) is 0 Å². The zero-order valence-electron chi connectivity index (χ0n) is 8.27. The van der Waals surface area contributed by atoms with E-state index in [4.69, 9.17) is 9.63 Å². The highest BCUT2D eigenvalue weighted by atomic mass is 19.1. The van der Waals surface area contributed by atoms with Gasteiger partial charge in [-0.05, 0) is 25.1 Å². The highest BCUT2D eigenvalue weighted by molar-refractivity contribution is 5.88. The van der Waals surface area contributed by atoms with Crippen molar-refractivity contribution in [1.82, 2.24) is 10.1 Å². The smallest absolute Gasteiger partial charge is 0.338 e. The Bertz CT molecular complexity index is 551. The van der Waals surface area contributed by atoms with Gasteiger partial charge in [0.25, 0.3) is 5.89 Å². The Morgan fingerprint density at radius 1 is 1.50 bits per heavy atom. The van der Waals surface area contributed by atoms with Gasteiger partial charge in [-0.15, -0.1) is 0 Å². The van der Waals surface area contributed by atoms with E-state index in [0.717, 1.165) is 12.1 Å². The lowest BCUT2D eigenvalue weighted by Gasteiger charge is -1.98. The number of carbonyl (C=O) groups is 1. The first kappa shape index (κ1) is 10.3. The third-order valence-electron chi connectivity index (χ3n) is 1.97. The van der Waals surface area contributed by atoms with Crippen LogP contribution in [0.1, 0.15) is 16.2 Å². The lowest BCUT2D eigenvalue weighted by Crippen LogP contribution is -2.00. The largest absolute Gasteiger partial charge is 0.478 e. The lowest BCUT2D eigenvalue weighted by atomic mass is 10.1. The van der Waals surface area contributed by atoms with Gasteiger partial charge in [-0.1, -0.05) is 5.16 Å². The van der Waals surface area contributed by atoms with Gasteiger partial charge >= 0.3 is 5.97 Å². The third kappa shape index (κ3) is 1.77. The van der Waals surface area contributed by atoms with Crippen molar-refractivity contribution in [3.8, 4) is 11.5 Å². The summed E-state index contributed by atoms with van der Waals surface area (Å²) in [5.41, 5.74) is -0.0388. The molecule has 16 heavy (non-hydrogen) atoms. The molecule has 6 heteroatoms. The fourth-order valence-corrected chi connectivity index (χ4v) is 1.24. The molecule has 5 nitrogen and oxygen atoms in total. The molecule has 0 radical (unpaired) electrons. The van der Waals surface area contributed by atoms with Crippen molar-refractivity contribution in [2.45, 2.75) is 6.92 Å². The number of carboxylic acids is 1. The van der Waals surface area contributed by atoms with E-state index in [1.165, 1.54) is 6.07 Å². The number of aromatic carboxylic acids is 1. The molecule has 82 valence electrons. The number of hydrogen-bond acceptors (Lipinski definition) is 4. The number of halogens is 1. The molecule has 0 spiro atoms. The summed E-state index contributed by atoms with van der Waals surface area (Å²) in [5.74, 6) is -1.56. The van der Waals surface area contributed by atoms with Gasteiger partial charge in [0, 0.05) is 5.56 Å². The van der Waals surface area contributed by atoms with Gasteiger partial charge in [0.05, 0.1) is 5.56 Å². The summed E-state index contributed by atoms with van der Waals surface area (Å²) in [4.78, 5) is 14.5. The van der Waals surface area contributed by atoms with E-state index >= 15 is 0 Å². The molecule has 1 aromatic heterocycles. The second-order valence-corrected chi connectivity index (χ2v) is 3.15. The molecular formula is C10H7FN2O3. The fourth-order valence-electron chi connectivity index (χ4n) is 1.24. The molecule has 2 aromatic rings. The third-order valence-corrected chi connectivity index (χ3v) is 1.97. The van der Waals surface area contributed by atoms with Crippen LogP contribution in [-0.2, 0) is 0 Å². The van der Waals surface area contributed by atoms with E-state index in [0.29, 0.717) is 11.4 Å². The van der Waals surface area contributed by atoms with E-state index in [2.05, 4.69) is 10.1 Å². The quantitative estimate of drug-likeness (QED) is 0.839. The van der Waals surface area contributed by atoms with Crippen LogP contribution in [0.2, 0.25) is 0 Å². The summed E-state index contributed by atoms with van der Waals surface area (Å²) >= 11 is 0. The van der Waals surface area contributed by atoms with Crippen LogP contribution >= 0.6 is 0 Å². The Balaban J connectivity index is 2.45. The molecule has 0 saturated heterocycles. The fraction of sp³-hybridized carbons (Fsp3) is 0.100. The van der Waals surface area contributed by atoms with Crippen LogP contribution in [0, 0.1) is 12.7 Å². The molecule has 2 rings (SSSR count). The number of aromatic nitrogens is 2. The minimum atomic E-state index is -1.31. The number of nitrogens with zero attached hydrogens (tertiary/aromatic N) is 2. The summed E-state index contributed by atoms with van der Waals surface area (Å²) in [6.45, 7) is 1.63. The van der Waals surface area contributed by atoms with Crippen molar-refractivity contribution in [3.63, 3.8) is 0 Å². The molecule has 0 atom stereocenters. The molecule has 0 aliphatic rings. The van der Waals surface area contributed by atoms with E-state index in [9.17, 15) is 9.18 Å². The molecule has 0 aliphatic heterocycles. The average Bonchev–Trinajstić information content (AvgIpc) is 2.64. The normalized spacial score (nSPS) is 10.4. The van der Waals surface area contributed by atoms with Gasteiger partial charge in [0.2, 0.25) is 0 Å². The summed E-state index contributed by atoms with van der Waals surface area (Å²) in [6.07, 6.45) is 0. The second kappa shape index (κ2) is 3.73. The summed E-state index contributed by atoms with van der Waals surface area (Å²) in [6, 6.07) is 3.63. The van der Waals surface area contributed by atoms with Crippen LogP contribution in [0.15, 0.2) is 22.7 Å². The number of aryl methyl sites for hydroxylation is 1. The first-order valence-corrected chi connectivity index (χ1v) is 4.41. The van der Waals surface area contributed by atoms with Crippen LogP contribution in [0.5, 0.6) is 0 Å². The van der Waals surface area contributed by atoms with Crippen LogP contribution in [0.4, 0.5) is 4.39 Å². The van der Waals surface area contributed by atoms with E-state index < -0.39 is 11.8 Å². The highest BCUT2D eigenvalue weighted by Crippen LogP contribution is 2.20. The number of carboxylic acid groups (broad SMARTS) is 1. The van der Waals surface area contributed by atoms with Gasteiger partial charge in [-0.25, -0.2) is 9.18 Å². The van der Waals surface area contributed by atoms with Crippen molar-refractivity contribution >= 4 is 5.97 Å². The van der Waals surface area contributed by atoms with Crippen LogP contribution in [-0.4, -0.2) is 21.2 Å². The topological polar surface area (TPSA) is 76.2 Å². The Hall–Kier alpha value is -2.24. The first-order valence-electron chi connectivity index (χ1n) is 4.41. The predicted octanol–water partition coefficient (Wildman–Crippen LogP) is 1.88. The van der Waals surface area contributed by atoms with Crippen LogP contribution in [0.25, 0.3) is 11.5 Å². The Kier molecular flexibility index (Phi) is 2.40. The second-order valence-electron chi connectivity index (χ2n) is 3.15. The maximum Gasteiger partial charge on any atom is 0.338 e. The van der Waals surface area contributed by atoms with E-state index in [1.54, 1.807) is 6.92 Å². The molecule has 1 N–H and O–H groups in total. The lowest BCUT2D eigenvalue weighted by molar-refractivity contribution is 0.0692. The van der Waals surface area contributed by atoms with E-state index in [1.807, 2.05) is 0 Å². The first-order chi connectivity index (χ1) is 7.58. The monoisotopic (exact) mass is 222 g/mol. The minimum Gasteiger partial charge on any atom is -0.478 e. The zero-order chi connectivity index (χ0) is 11.7. The minimum absolute atomic E-state index is 0.160. The van der Waals surface area contributed by atoms with Gasteiger partial charge in [0.1, 0.15) is 5.82 Å². The van der Waals surface area contributed by atoms with Crippen molar-refractivity contribution in [2.24, 2.45) is 0 Å². The van der Waals surface area contributed by atoms with Gasteiger partial charge < -0.3 is 9.63 Å². The van der Waals surface area contributed by atoms with Gasteiger partial charge in [0.15, 0.2) is 5.82 Å².